The van der Waals surface area contributed by atoms with Crippen LogP contribution in [0, 0.1) is 11.3 Å². The smallest absolute Gasteiger partial charge is 0.130 e. The zero-order valence-corrected chi connectivity index (χ0v) is 10.8. The number of benzene rings is 2. The second-order valence-corrected chi connectivity index (χ2v) is 4.84. The van der Waals surface area contributed by atoms with Gasteiger partial charge in [0.1, 0.15) is 17.6 Å². The molecule has 100 valence electrons. The summed E-state index contributed by atoms with van der Waals surface area (Å²) >= 11 is 0. The highest BCUT2D eigenvalue weighted by Gasteiger charge is 2.23. The first-order valence-corrected chi connectivity index (χ1v) is 6.46. The predicted octanol–water partition coefficient (Wildman–Crippen LogP) is 2.91. The number of hydrogen-bond donors (Lipinski definition) is 2. The van der Waals surface area contributed by atoms with Gasteiger partial charge in [0.25, 0.3) is 0 Å². The van der Waals surface area contributed by atoms with Crippen molar-refractivity contribution in [1.82, 2.24) is 0 Å². The number of rotatable bonds is 2. The minimum absolute atomic E-state index is 0.398. The molecule has 0 radical (unpaired) electrons. The molecule has 0 aromatic heterocycles. The van der Waals surface area contributed by atoms with Crippen LogP contribution in [0.1, 0.15) is 29.2 Å². The van der Waals surface area contributed by atoms with E-state index in [2.05, 4.69) is 0 Å². The van der Waals surface area contributed by atoms with Crippen LogP contribution in [-0.4, -0.2) is 5.11 Å². The fraction of sp³-hybridized carbons (Fsp3) is 0.188. The highest BCUT2D eigenvalue weighted by Crippen LogP contribution is 2.38. The average Bonchev–Trinajstić information content (AvgIpc) is 2.84. The standard InChI is InChI=1S/C16H14N2O2/c17-9-10-8-11(4-6-14(10)18)20-16-3-1-2-12-13(16)5-7-15(12)19/h1-4,6,8,15,19H,5,7,18H2/t15-/m1/s1. The second-order valence-electron chi connectivity index (χ2n) is 4.84. The lowest BCUT2D eigenvalue weighted by molar-refractivity contribution is 0.180. The molecule has 2 aromatic rings. The van der Waals surface area contributed by atoms with Crippen molar-refractivity contribution in [2.24, 2.45) is 0 Å². The van der Waals surface area contributed by atoms with Gasteiger partial charge in [-0.05, 0) is 36.6 Å². The summed E-state index contributed by atoms with van der Waals surface area (Å²) in [6, 6.07) is 12.7. The Morgan fingerprint density at radius 2 is 2.15 bits per heavy atom. The van der Waals surface area contributed by atoms with Gasteiger partial charge in [-0.1, -0.05) is 12.1 Å². The molecule has 20 heavy (non-hydrogen) atoms. The minimum Gasteiger partial charge on any atom is -0.457 e. The molecule has 1 aliphatic rings. The molecule has 4 nitrogen and oxygen atoms in total. The highest BCUT2D eigenvalue weighted by molar-refractivity contribution is 5.57. The Kier molecular flexibility index (Phi) is 3.05. The van der Waals surface area contributed by atoms with E-state index in [9.17, 15) is 5.11 Å². The van der Waals surface area contributed by atoms with Crippen LogP contribution < -0.4 is 10.5 Å². The number of aliphatic hydroxyl groups excluding tert-OH is 1. The van der Waals surface area contributed by atoms with Gasteiger partial charge < -0.3 is 15.6 Å². The lowest BCUT2D eigenvalue weighted by Crippen LogP contribution is -1.94. The van der Waals surface area contributed by atoms with Crippen LogP contribution in [-0.2, 0) is 6.42 Å². The van der Waals surface area contributed by atoms with Crippen LogP contribution in [0.4, 0.5) is 5.69 Å². The van der Waals surface area contributed by atoms with Crippen molar-refractivity contribution in [2.75, 3.05) is 5.73 Å². The topological polar surface area (TPSA) is 79.3 Å². The zero-order valence-electron chi connectivity index (χ0n) is 10.8. The van der Waals surface area contributed by atoms with Crippen molar-refractivity contribution in [3.8, 4) is 17.6 Å². The molecule has 0 saturated carbocycles. The van der Waals surface area contributed by atoms with E-state index in [0.29, 0.717) is 17.0 Å². The van der Waals surface area contributed by atoms with Crippen molar-refractivity contribution in [2.45, 2.75) is 18.9 Å². The monoisotopic (exact) mass is 266 g/mol. The Labute approximate surface area is 117 Å². The molecule has 0 unspecified atom stereocenters. The minimum atomic E-state index is -0.408. The molecule has 3 rings (SSSR count). The molecule has 0 aliphatic heterocycles. The molecule has 1 atom stereocenters. The third kappa shape index (κ3) is 2.09. The summed E-state index contributed by atoms with van der Waals surface area (Å²) in [6.45, 7) is 0. The fourth-order valence-corrected chi connectivity index (χ4v) is 2.52. The molecule has 0 spiro atoms. The van der Waals surface area contributed by atoms with Crippen molar-refractivity contribution in [3.05, 3.63) is 53.1 Å². The molecule has 0 heterocycles. The van der Waals surface area contributed by atoms with Crippen LogP contribution in [0.5, 0.6) is 11.5 Å². The molecular formula is C16H14N2O2. The SMILES string of the molecule is N#Cc1cc(Oc2cccc3c2CC[C@H]3O)ccc1N. The number of fused-ring (bicyclic) bond motifs is 1. The maximum Gasteiger partial charge on any atom is 0.130 e. The molecule has 0 bridgehead atoms. The van der Waals surface area contributed by atoms with Crippen molar-refractivity contribution in [1.29, 1.82) is 5.26 Å². The van der Waals surface area contributed by atoms with Gasteiger partial charge in [-0.15, -0.1) is 0 Å². The molecule has 2 aromatic carbocycles. The van der Waals surface area contributed by atoms with E-state index in [0.717, 1.165) is 29.7 Å². The Hall–Kier alpha value is -2.51. The lowest BCUT2D eigenvalue weighted by atomic mass is 10.1. The maximum absolute atomic E-state index is 9.88. The first-order valence-electron chi connectivity index (χ1n) is 6.46. The molecular weight excluding hydrogens is 252 g/mol. The lowest BCUT2D eigenvalue weighted by Gasteiger charge is -2.11. The zero-order chi connectivity index (χ0) is 14.1. The van der Waals surface area contributed by atoms with Gasteiger partial charge in [-0.2, -0.15) is 5.26 Å². The number of ether oxygens (including phenoxy) is 1. The summed E-state index contributed by atoms with van der Waals surface area (Å²) in [5.74, 6) is 1.30. The predicted molar refractivity (Wildman–Crippen MR) is 75.4 cm³/mol. The Morgan fingerprint density at radius 1 is 1.30 bits per heavy atom. The third-order valence-corrected chi connectivity index (χ3v) is 3.57. The van der Waals surface area contributed by atoms with Crippen LogP contribution in [0.2, 0.25) is 0 Å². The summed E-state index contributed by atoms with van der Waals surface area (Å²) in [5.41, 5.74) is 8.49. The number of hydrogen-bond acceptors (Lipinski definition) is 4. The molecule has 4 heteroatoms. The molecule has 1 aliphatic carbocycles. The van der Waals surface area contributed by atoms with E-state index >= 15 is 0 Å². The second kappa shape index (κ2) is 4.87. The van der Waals surface area contributed by atoms with E-state index in [4.69, 9.17) is 15.7 Å². The van der Waals surface area contributed by atoms with Crippen LogP contribution in [0.25, 0.3) is 0 Å². The van der Waals surface area contributed by atoms with Gasteiger partial charge in [0.15, 0.2) is 0 Å². The Balaban J connectivity index is 1.95. The van der Waals surface area contributed by atoms with Crippen LogP contribution >= 0.6 is 0 Å². The highest BCUT2D eigenvalue weighted by atomic mass is 16.5. The summed E-state index contributed by atoms with van der Waals surface area (Å²) in [4.78, 5) is 0. The maximum atomic E-state index is 9.88. The third-order valence-electron chi connectivity index (χ3n) is 3.57. The first kappa shape index (κ1) is 12.5. The van der Waals surface area contributed by atoms with Crippen molar-refractivity contribution in [3.63, 3.8) is 0 Å². The quantitative estimate of drug-likeness (QED) is 0.819. The summed E-state index contributed by atoms with van der Waals surface area (Å²) in [5, 5.41) is 18.9. The molecule has 0 fully saturated rings. The largest absolute Gasteiger partial charge is 0.457 e. The van der Waals surface area contributed by atoms with Crippen molar-refractivity contribution < 1.29 is 9.84 Å². The Bertz CT molecular complexity index is 704. The number of nitrogens with two attached hydrogens (primary N) is 1. The first-order chi connectivity index (χ1) is 9.69. The number of nitrogen functional groups attached to an aromatic ring is 1. The van der Waals surface area contributed by atoms with E-state index in [1.165, 1.54) is 0 Å². The van der Waals surface area contributed by atoms with Crippen LogP contribution in [0.15, 0.2) is 36.4 Å². The summed E-state index contributed by atoms with van der Waals surface area (Å²) < 4.78 is 5.85. The number of nitriles is 1. The molecule has 0 amide bonds. The van der Waals surface area contributed by atoms with Gasteiger partial charge in [0.05, 0.1) is 11.7 Å². The average molecular weight is 266 g/mol. The summed E-state index contributed by atoms with van der Waals surface area (Å²) in [6.07, 6.45) is 1.11. The van der Waals surface area contributed by atoms with E-state index in [-0.39, 0.29) is 0 Å². The van der Waals surface area contributed by atoms with E-state index < -0.39 is 6.10 Å². The molecule has 0 saturated heterocycles. The molecule has 3 N–H and O–H groups in total. The van der Waals surface area contributed by atoms with E-state index in [1.807, 2.05) is 24.3 Å². The van der Waals surface area contributed by atoms with Crippen LogP contribution in [0.3, 0.4) is 0 Å². The number of anilines is 1. The van der Waals surface area contributed by atoms with Gasteiger partial charge in [0.2, 0.25) is 0 Å². The normalized spacial score (nSPS) is 16.5. The number of nitrogens with zero attached hydrogens (tertiary/aromatic N) is 1. The fourth-order valence-electron chi connectivity index (χ4n) is 2.52. The van der Waals surface area contributed by atoms with Gasteiger partial charge in [-0.3, -0.25) is 0 Å². The summed E-state index contributed by atoms with van der Waals surface area (Å²) in [7, 11) is 0. The van der Waals surface area contributed by atoms with Gasteiger partial charge in [-0.25, -0.2) is 0 Å². The number of aliphatic hydroxyl groups is 1. The van der Waals surface area contributed by atoms with Gasteiger partial charge in [0, 0.05) is 17.3 Å². The van der Waals surface area contributed by atoms with Gasteiger partial charge >= 0.3 is 0 Å². The van der Waals surface area contributed by atoms with Crippen molar-refractivity contribution >= 4 is 5.69 Å². The Morgan fingerprint density at radius 3 is 2.95 bits per heavy atom. The van der Waals surface area contributed by atoms with E-state index in [1.54, 1.807) is 18.2 Å².